The van der Waals surface area contributed by atoms with Crippen molar-refractivity contribution < 1.29 is 0 Å². The number of rotatable bonds is 2. The minimum atomic E-state index is 0.130. The molecule has 1 N–H and O–H groups in total. The first-order valence-corrected chi connectivity index (χ1v) is 9.40. The molecule has 0 saturated heterocycles. The van der Waals surface area contributed by atoms with E-state index in [2.05, 4.69) is 95.5 Å². The fraction of sp³-hybridized carbons (Fsp3) is 0.227. The summed E-state index contributed by atoms with van der Waals surface area (Å²) in [6.07, 6.45) is 2.16. The molecule has 0 fully saturated rings. The maximum atomic E-state index is 5.84. The Hall–Kier alpha value is -2.59. The van der Waals surface area contributed by atoms with Crippen molar-refractivity contribution in [2.24, 2.45) is 0 Å². The second-order valence-corrected chi connectivity index (χ2v) is 7.20. The van der Waals surface area contributed by atoms with Crippen molar-refractivity contribution in [3.8, 4) is 0 Å². The number of aromatic nitrogens is 1. The second-order valence-electron chi connectivity index (χ2n) is 6.81. The molecular weight excluding hydrogens is 338 g/mol. The van der Waals surface area contributed by atoms with Crippen LogP contribution >= 0.6 is 12.2 Å². The van der Waals surface area contributed by atoms with Crippen LogP contribution in [0.15, 0.2) is 66.9 Å². The zero-order chi connectivity index (χ0) is 18.1. The lowest BCUT2D eigenvalue weighted by Crippen LogP contribution is -2.44. The van der Waals surface area contributed by atoms with Crippen molar-refractivity contribution in [3.05, 3.63) is 89.2 Å². The Morgan fingerprint density at radius 1 is 0.962 bits per heavy atom. The molecule has 2 heterocycles. The largest absolute Gasteiger partial charge is 0.348 e. The molecule has 0 bridgehead atoms. The average molecular weight is 362 g/mol. The van der Waals surface area contributed by atoms with Crippen molar-refractivity contribution >= 4 is 23.0 Å². The molecule has 26 heavy (non-hydrogen) atoms. The highest BCUT2D eigenvalue weighted by atomic mass is 32.1. The lowest BCUT2D eigenvalue weighted by Gasteiger charge is -2.39. The third kappa shape index (κ3) is 3.01. The summed E-state index contributed by atoms with van der Waals surface area (Å²) >= 11 is 5.84. The van der Waals surface area contributed by atoms with E-state index in [-0.39, 0.29) is 6.04 Å². The van der Waals surface area contributed by atoms with Crippen LogP contribution < -0.4 is 5.32 Å². The lowest BCUT2D eigenvalue weighted by atomic mass is 10.0. The van der Waals surface area contributed by atoms with Crippen LogP contribution in [0.4, 0.5) is 5.69 Å². The molecule has 1 atom stereocenters. The number of benzene rings is 2. The first-order valence-electron chi connectivity index (χ1n) is 8.99. The van der Waals surface area contributed by atoms with Gasteiger partial charge in [-0.3, -0.25) is 0 Å². The van der Waals surface area contributed by atoms with E-state index in [1.807, 2.05) is 0 Å². The van der Waals surface area contributed by atoms with Gasteiger partial charge in [-0.05, 0) is 61.0 Å². The van der Waals surface area contributed by atoms with E-state index in [1.165, 1.54) is 22.4 Å². The summed E-state index contributed by atoms with van der Waals surface area (Å²) in [6.45, 7) is 6.10. The number of anilines is 1. The fourth-order valence-electron chi connectivity index (χ4n) is 3.66. The number of hydrogen-bond acceptors (Lipinski definition) is 1. The Bertz CT molecular complexity index is 930. The molecule has 4 rings (SSSR count). The van der Waals surface area contributed by atoms with Gasteiger partial charge < -0.3 is 14.8 Å². The monoisotopic (exact) mass is 361 g/mol. The Kier molecular flexibility index (Phi) is 4.51. The van der Waals surface area contributed by atoms with E-state index in [4.69, 9.17) is 12.2 Å². The van der Waals surface area contributed by atoms with Crippen LogP contribution in [0.1, 0.15) is 28.4 Å². The SMILES string of the molecule is Cc1cccc(NC(=S)N2CCn3cccc3C2c2ccccc2)c1C. The Morgan fingerprint density at radius 2 is 1.77 bits per heavy atom. The summed E-state index contributed by atoms with van der Waals surface area (Å²) < 4.78 is 2.33. The van der Waals surface area contributed by atoms with Gasteiger partial charge in [0.05, 0.1) is 6.04 Å². The normalized spacial score (nSPS) is 16.2. The zero-order valence-electron chi connectivity index (χ0n) is 15.1. The predicted molar refractivity (Wildman–Crippen MR) is 112 cm³/mol. The van der Waals surface area contributed by atoms with Crippen LogP contribution in [0.5, 0.6) is 0 Å². The molecule has 0 saturated carbocycles. The summed E-state index contributed by atoms with van der Waals surface area (Å²) in [5.41, 5.74) is 6.14. The van der Waals surface area contributed by atoms with Gasteiger partial charge in [0.15, 0.2) is 5.11 Å². The highest BCUT2D eigenvalue weighted by Gasteiger charge is 2.30. The number of aryl methyl sites for hydroxylation is 1. The van der Waals surface area contributed by atoms with Gasteiger partial charge in [-0.15, -0.1) is 0 Å². The molecule has 0 amide bonds. The Balaban J connectivity index is 1.68. The highest BCUT2D eigenvalue weighted by molar-refractivity contribution is 7.80. The van der Waals surface area contributed by atoms with Crippen LogP contribution in [0.3, 0.4) is 0 Å². The molecular formula is C22H23N3S. The lowest BCUT2D eigenvalue weighted by molar-refractivity contribution is 0.293. The summed E-state index contributed by atoms with van der Waals surface area (Å²) in [7, 11) is 0. The van der Waals surface area contributed by atoms with E-state index in [9.17, 15) is 0 Å². The van der Waals surface area contributed by atoms with Gasteiger partial charge in [-0.2, -0.15) is 0 Å². The van der Waals surface area contributed by atoms with Gasteiger partial charge in [-0.1, -0.05) is 42.5 Å². The highest BCUT2D eigenvalue weighted by Crippen LogP contribution is 2.33. The first-order chi connectivity index (χ1) is 12.6. The Labute approximate surface area is 160 Å². The van der Waals surface area contributed by atoms with E-state index in [0.717, 1.165) is 23.9 Å². The zero-order valence-corrected chi connectivity index (χ0v) is 16.0. The molecule has 0 spiro atoms. The van der Waals surface area contributed by atoms with Crippen LogP contribution in [-0.4, -0.2) is 21.1 Å². The standard InChI is InChI=1S/C22H23N3S/c1-16-8-6-11-19(17(16)2)23-22(26)25-15-14-24-13-7-12-20(24)21(25)18-9-4-3-5-10-18/h3-13,21H,14-15H2,1-2H3,(H,23,26). The molecule has 3 nitrogen and oxygen atoms in total. The van der Waals surface area contributed by atoms with Crippen LogP contribution in [0.2, 0.25) is 0 Å². The third-order valence-corrected chi connectivity index (χ3v) is 5.60. The number of nitrogens with zero attached hydrogens (tertiary/aromatic N) is 2. The van der Waals surface area contributed by atoms with Gasteiger partial charge >= 0.3 is 0 Å². The van der Waals surface area contributed by atoms with Gasteiger partial charge in [0.1, 0.15) is 0 Å². The predicted octanol–water partition coefficient (Wildman–Crippen LogP) is 4.91. The van der Waals surface area contributed by atoms with Gasteiger partial charge in [0.25, 0.3) is 0 Å². The quantitative estimate of drug-likeness (QED) is 0.655. The maximum absolute atomic E-state index is 5.84. The minimum Gasteiger partial charge on any atom is -0.348 e. The molecule has 132 valence electrons. The minimum absolute atomic E-state index is 0.130. The molecule has 1 unspecified atom stereocenters. The number of hydrogen-bond donors (Lipinski definition) is 1. The van der Waals surface area contributed by atoms with Gasteiger partial charge in [0.2, 0.25) is 0 Å². The summed E-state index contributed by atoms with van der Waals surface area (Å²) in [5.74, 6) is 0. The van der Waals surface area contributed by atoms with Crippen molar-refractivity contribution in [3.63, 3.8) is 0 Å². The van der Waals surface area contributed by atoms with Crippen LogP contribution in [0.25, 0.3) is 0 Å². The topological polar surface area (TPSA) is 20.2 Å². The second kappa shape index (κ2) is 6.96. The molecule has 0 radical (unpaired) electrons. The van der Waals surface area contributed by atoms with Crippen molar-refractivity contribution in [2.75, 3.05) is 11.9 Å². The third-order valence-electron chi connectivity index (χ3n) is 5.26. The van der Waals surface area contributed by atoms with E-state index in [0.29, 0.717) is 0 Å². The van der Waals surface area contributed by atoms with E-state index >= 15 is 0 Å². The summed E-state index contributed by atoms with van der Waals surface area (Å²) in [4.78, 5) is 2.31. The van der Waals surface area contributed by atoms with E-state index < -0.39 is 0 Å². The van der Waals surface area contributed by atoms with Crippen LogP contribution in [0, 0.1) is 13.8 Å². The summed E-state index contributed by atoms with van der Waals surface area (Å²) in [6, 6.07) is 21.4. The Morgan fingerprint density at radius 3 is 2.58 bits per heavy atom. The average Bonchev–Trinajstić information content (AvgIpc) is 3.14. The maximum Gasteiger partial charge on any atom is 0.174 e. The number of fused-ring (bicyclic) bond motifs is 1. The van der Waals surface area contributed by atoms with Crippen LogP contribution in [-0.2, 0) is 6.54 Å². The molecule has 1 aliphatic heterocycles. The van der Waals surface area contributed by atoms with E-state index in [1.54, 1.807) is 0 Å². The van der Waals surface area contributed by atoms with Gasteiger partial charge in [0, 0.05) is 30.7 Å². The molecule has 1 aromatic heterocycles. The first kappa shape index (κ1) is 16.9. The van der Waals surface area contributed by atoms with Gasteiger partial charge in [-0.25, -0.2) is 0 Å². The molecule has 4 heteroatoms. The molecule has 0 aliphatic carbocycles. The van der Waals surface area contributed by atoms with Crippen molar-refractivity contribution in [1.29, 1.82) is 0 Å². The number of thiocarbonyl (C=S) groups is 1. The summed E-state index contributed by atoms with van der Waals surface area (Å²) in [5, 5.41) is 4.27. The fourth-order valence-corrected chi connectivity index (χ4v) is 3.97. The number of nitrogens with one attached hydrogen (secondary N) is 1. The molecule has 3 aromatic rings. The molecule has 1 aliphatic rings. The molecule has 2 aromatic carbocycles. The van der Waals surface area contributed by atoms with Crippen molar-refractivity contribution in [2.45, 2.75) is 26.4 Å². The van der Waals surface area contributed by atoms with Crippen molar-refractivity contribution in [1.82, 2.24) is 9.47 Å². The smallest absolute Gasteiger partial charge is 0.174 e.